The van der Waals surface area contributed by atoms with Crippen molar-refractivity contribution >= 4 is 83.3 Å². The molecule has 2 atom stereocenters. The largest absolute Gasteiger partial charge is 0.457 e. The van der Waals surface area contributed by atoms with E-state index in [1.54, 1.807) is 0 Å². The fraction of sp³-hybridized carbons (Fsp3) is 0.0893. The molecule has 12 rings (SSSR count). The third-order valence-electron chi connectivity index (χ3n) is 12.5. The van der Waals surface area contributed by atoms with Gasteiger partial charge in [0.15, 0.2) is 0 Å². The van der Waals surface area contributed by atoms with Gasteiger partial charge in [-0.1, -0.05) is 91.0 Å². The summed E-state index contributed by atoms with van der Waals surface area (Å²) in [7, 11) is 4.28. The monoisotopic (exact) mass is 820 g/mol. The highest BCUT2D eigenvalue weighted by molar-refractivity contribution is 6.25. The van der Waals surface area contributed by atoms with E-state index in [9.17, 15) is 0 Å². The summed E-state index contributed by atoms with van der Waals surface area (Å²) in [4.78, 5) is 4.91. The summed E-state index contributed by atoms with van der Waals surface area (Å²) in [6.45, 7) is 2.03. The second-order valence-electron chi connectivity index (χ2n) is 16.2. The third kappa shape index (κ3) is 5.99. The lowest BCUT2D eigenvalue weighted by Gasteiger charge is -2.18. The number of rotatable bonds is 8. The van der Waals surface area contributed by atoms with Crippen LogP contribution in [-0.2, 0) is 20.5 Å². The smallest absolute Gasteiger partial charge is 0.137 e. The molecule has 7 heteroatoms. The number of benzene rings is 7. The molecule has 1 aliphatic carbocycles. The molecular weight excluding hydrogens is 773 g/mol. The van der Waals surface area contributed by atoms with Gasteiger partial charge in [-0.15, -0.1) is 0 Å². The number of pyridine rings is 1. The van der Waals surface area contributed by atoms with Crippen LogP contribution in [-0.4, -0.2) is 18.7 Å². The normalized spacial score (nSPS) is 16.0. The van der Waals surface area contributed by atoms with E-state index >= 15 is 0 Å². The van der Waals surface area contributed by atoms with Crippen molar-refractivity contribution in [1.29, 1.82) is 0 Å². The summed E-state index contributed by atoms with van der Waals surface area (Å²) in [5.74, 6) is 1.72. The zero-order valence-corrected chi connectivity index (χ0v) is 34.9. The first-order chi connectivity index (χ1) is 32.6. The van der Waals surface area contributed by atoms with Crippen molar-refractivity contribution in [2.24, 2.45) is 14.1 Å². The molecule has 0 amide bonds. The molecule has 2 unspecified atom stereocenters. The van der Waals surface area contributed by atoms with Crippen LogP contribution in [0.25, 0.3) is 77.5 Å². The Balaban J connectivity index is 0.913. The lowest BCUT2D eigenvalue weighted by Crippen LogP contribution is -2.03. The molecule has 7 nitrogen and oxygen atoms in total. The van der Waals surface area contributed by atoms with Gasteiger partial charge in [0, 0.05) is 84.4 Å². The molecule has 11 aromatic rings. The van der Waals surface area contributed by atoms with Gasteiger partial charge in [0.25, 0.3) is 0 Å². The van der Waals surface area contributed by atoms with E-state index in [4.69, 9.17) is 15.2 Å². The lowest BCUT2D eigenvalue weighted by molar-refractivity contribution is 0.483. The molecule has 0 aliphatic heterocycles. The van der Waals surface area contributed by atoms with E-state index in [1.165, 1.54) is 32.6 Å². The van der Waals surface area contributed by atoms with Gasteiger partial charge >= 0.3 is 0 Å². The quantitative estimate of drug-likeness (QED) is 0.160. The molecule has 304 valence electrons. The Labute approximate surface area is 370 Å². The van der Waals surface area contributed by atoms with E-state index in [-0.39, 0.29) is 12.1 Å². The standard InChI is InChI=1S/C56H44N6O/c1-35-30-53(57-34-46(35)36-16-5-4-6-17-36)62-51-27-14-9-20-40(51)43-29-28-39(32-52(43)62)63-38-19-15-18-37(31-38)58-47-23-10-11-24-48(47)59-54-55-44(41-21-7-12-25-49(41)60(55)2)33-45-42-22-8-13-26-50(42)61(3)56(45)54/h4-8,10-19,21-34,58-59H,9,20H2,1-3H3/i9D,14D,20D,27D. The summed E-state index contributed by atoms with van der Waals surface area (Å²) in [5, 5.41) is 13.1. The Morgan fingerprint density at radius 3 is 2.02 bits per heavy atom. The van der Waals surface area contributed by atoms with Crippen LogP contribution < -0.4 is 15.4 Å². The molecule has 0 fully saturated rings. The van der Waals surface area contributed by atoms with Gasteiger partial charge in [0.1, 0.15) is 17.3 Å². The van der Waals surface area contributed by atoms with Crippen LogP contribution >= 0.6 is 0 Å². The predicted octanol–water partition coefficient (Wildman–Crippen LogP) is 14.5. The summed E-state index contributed by atoms with van der Waals surface area (Å²) < 4.78 is 48.6. The van der Waals surface area contributed by atoms with Crippen LogP contribution in [0.1, 0.15) is 28.7 Å². The molecular formula is C56H44N6O. The van der Waals surface area contributed by atoms with E-state index in [1.807, 2.05) is 109 Å². The molecule has 0 saturated carbocycles. The van der Waals surface area contributed by atoms with Crippen molar-refractivity contribution in [3.63, 3.8) is 0 Å². The minimum atomic E-state index is -1.17. The number of aromatic nitrogens is 4. The highest BCUT2D eigenvalue weighted by Gasteiger charge is 2.23. The fourth-order valence-corrected chi connectivity index (χ4v) is 9.59. The van der Waals surface area contributed by atoms with Crippen LogP contribution in [0.5, 0.6) is 11.5 Å². The number of fused-ring (bicyclic) bond motifs is 9. The maximum atomic E-state index is 9.09. The zero-order chi connectivity index (χ0) is 45.7. The maximum Gasteiger partial charge on any atom is 0.137 e. The van der Waals surface area contributed by atoms with Crippen LogP contribution in [0.2, 0.25) is 0 Å². The summed E-state index contributed by atoms with van der Waals surface area (Å²) in [6.07, 6.45) is -0.385. The topological polar surface area (TPSA) is 61.0 Å². The average Bonchev–Trinajstić information content (AvgIpc) is 3.95. The molecule has 0 saturated heterocycles. The average molecular weight is 821 g/mol. The Hall–Kier alpha value is -8.03. The number of hydrogen-bond acceptors (Lipinski definition) is 4. The van der Waals surface area contributed by atoms with Crippen LogP contribution in [0, 0.1) is 6.92 Å². The molecule has 0 radical (unpaired) electrons. The molecule has 7 aromatic carbocycles. The number of ether oxygens (including phenoxy) is 1. The second kappa shape index (κ2) is 14.6. The first-order valence-electron chi connectivity index (χ1n) is 23.3. The third-order valence-corrected chi connectivity index (χ3v) is 12.5. The van der Waals surface area contributed by atoms with Crippen LogP contribution in [0.4, 0.5) is 22.7 Å². The SMILES string of the molecule is [2H]C1=C([2H])C([2H])C([2H])c2c1n(-c1cc(C)c(-c3ccccc3)cn1)c1cc(Oc3cccc(Nc4ccccc4Nc4c5c(cc6c7ccccc7n(C)c46)c4ccccc4n5C)c3)ccc21. The van der Waals surface area contributed by atoms with Crippen molar-refractivity contribution < 1.29 is 10.2 Å². The lowest BCUT2D eigenvalue weighted by atomic mass is 10.0. The molecule has 4 heterocycles. The molecule has 4 aromatic heterocycles. The fourth-order valence-electron chi connectivity index (χ4n) is 9.59. The number of anilines is 4. The summed E-state index contributed by atoms with van der Waals surface area (Å²) in [6, 6.07) is 53.0. The molecule has 1 aliphatic rings. The van der Waals surface area contributed by atoms with Gasteiger partial charge in [0.2, 0.25) is 0 Å². The van der Waals surface area contributed by atoms with Crippen molar-refractivity contribution in [1.82, 2.24) is 18.7 Å². The highest BCUT2D eigenvalue weighted by Crippen LogP contribution is 2.44. The van der Waals surface area contributed by atoms with E-state index in [0.717, 1.165) is 55.9 Å². The number of nitrogens with one attached hydrogen (secondary N) is 2. The maximum absolute atomic E-state index is 9.09. The summed E-state index contributed by atoms with van der Waals surface area (Å²) in [5.41, 5.74) is 12.9. The van der Waals surface area contributed by atoms with Gasteiger partial charge in [-0.2, -0.15) is 0 Å². The first-order valence-corrected chi connectivity index (χ1v) is 21.2. The Kier molecular flexibility index (Phi) is 7.56. The predicted molar refractivity (Wildman–Crippen MR) is 263 cm³/mol. The first kappa shape index (κ1) is 32.7. The van der Waals surface area contributed by atoms with Crippen LogP contribution in [0.15, 0.2) is 170 Å². The summed E-state index contributed by atoms with van der Waals surface area (Å²) >= 11 is 0. The van der Waals surface area contributed by atoms with Gasteiger partial charge in [-0.05, 0) is 103 Å². The van der Waals surface area contributed by atoms with Gasteiger partial charge in [-0.3, -0.25) is 4.57 Å². The van der Waals surface area contributed by atoms with Gasteiger partial charge < -0.3 is 24.5 Å². The Bertz CT molecular complexity index is 3750. The van der Waals surface area contributed by atoms with E-state index in [0.29, 0.717) is 34.1 Å². The number of nitrogens with zero attached hydrogens (tertiary/aromatic N) is 4. The molecule has 0 spiro atoms. The van der Waals surface area contributed by atoms with Gasteiger partial charge in [0.05, 0.1) is 42.0 Å². The molecule has 2 N–H and O–H groups in total. The Morgan fingerprint density at radius 2 is 1.29 bits per heavy atom. The van der Waals surface area contributed by atoms with Crippen molar-refractivity contribution in [3.8, 4) is 28.4 Å². The minimum Gasteiger partial charge on any atom is -0.457 e. The number of aryl methyl sites for hydroxylation is 4. The van der Waals surface area contributed by atoms with E-state index < -0.39 is 12.8 Å². The van der Waals surface area contributed by atoms with Gasteiger partial charge in [-0.25, -0.2) is 4.98 Å². The van der Waals surface area contributed by atoms with E-state index in [2.05, 4.69) is 101 Å². The number of para-hydroxylation sites is 4. The number of hydrogen-bond donors (Lipinski definition) is 2. The molecule has 63 heavy (non-hydrogen) atoms. The minimum absolute atomic E-state index is 0.0763. The Morgan fingerprint density at radius 1 is 0.619 bits per heavy atom. The van der Waals surface area contributed by atoms with Crippen molar-refractivity contribution in [3.05, 3.63) is 187 Å². The molecule has 0 bridgehead atoms. The van der Waals surface area contributed by atoms with Crippen molar-refractivity contribution in [2.75, 3.05) is 10.6 Å². The van der Waals surface area contributed by atoms with Crippen molar-refractivity contribution in [2.45, 2.75) is 19.7 Å². The number of allylic oxidation sites excluding steroid dienone is 1. The zero-order valence-electron chi connectivity index (χ0n) is 38.9. The highest BCUT2D eigenvalue weighted by atomic mass is 16.5. The second-order valence-corrected chi connectivity index (χ2v) is 16.2. The van der Waals surface area contributed by atoms with Crippen LogP contribution in [0.3, 0.4) is 0 Å².